The van der Waals surface area contributed by atoms with E-state index in [1.165, 1.54) is 0 Å². The number of likely N-dealkylation sites (N-methyl/N-ethyl adjacent to an activating group) is 1. The maximum Gasteiger partial charge on any atom is 0.240 e. The highest BCUT2D eigenvalue weighted by Gasteiger charge is 2.15. The van der Waals surface area contributed by atoms with Gasteiger partial charge in [-0.15, -0.1) is 0 Å². The largest absolute Gasteiger partial charge is 0.493 e. The molecular weight excluding hydrogens is 392 g/mol. The van der Waals surface area contributed by atoms with E-state index in [0.717, 1.165) is 11.1 Å². The minimum atomic E-state index is -3.61. The summed E-state index contributed by atoms with van der Waals surface area (Å²) >= 11 is 0. The fraction of sp³-hybridized carbons (Fsp3) is 0.381. The van der Waals surface area contributed by atoms with Crippen LogP contribution in [0.5, 0.6) is 11.5 Å². The van der Waals surface area contributed by atoms with Crippen molar-refractivity contribution < 1.29 is 22.7 Å². The van der Waals surface area contributed by atoms with Gasteiger partial charge in [0.25, 0.3) is 0 Å². The predicted molar refractivity (Wildman–Crippen MR) is 112 cm³/mol. The van der Waals surface area contributed by atoms with Crippen LogP contribution in [-0.4, -0.2) is 53.6 Å². The van der Waals surface area contributed by atoms with Gasteiger partial charge in [0, 0.05) is 26.6 Å². The predicted octanol–water partition coefficient (Wildman–Crippen LogP) is 2.38. The number of carbonyl (C=O) groups excluding carboxylic acids is 1. The molecule has 2 rings (SSSR count). The Balaban J connectivity index is 1.82. The molecule has 0 saturated heterocycles. The lowest BCUT2D eigenvalue weighted by molar-refractivity contribution is -0.129. The van der Waals surface area contributed by atoms with Crippen LogP contribution in [0.1, 0.15) is 17.5 Å². The van der Waals surface area contributed by atoms with Crippen LogP contribution in [0.3, 0.4) is 0 Å². The van der Waals surface area contributed by atoms with Crippen LogP contribution >= 0.6 is 0 Å². The highest BCUT2D eigenvalue weighted by Crippen LogP contribution is 2.27. The summed E-state index contributed by atoms with van der Waals surface area (Å²) in [5.74, 6) is 1.17. The van der Waals surface area contributed by atoms with Crippen molar-refractivity contribution in [3.63, 3.8) is 0 Å². The highest BCUT2D eigenvalue weighted by molar-refractivity contribution is 7.89. The van der Waals surface area contributed by atoms with Gasteiger partial charge in [0.05, 0.1) is 19.1 Å². The number of hydrogen-bond donors (Lipinski definition) is 1. The van der Waals surface area contributed by atoms with Crippen LogP contribution in [0.25, 0.3) is 0 Å². The summed E-state index contributed by atoms with van der Waals surface area (Å²) in [5, 5.41) is 0. The van der Waals surface area contributed by atoms with E-state index in [-0.39, 0.29) is 23.8 Å². The van der Waals surface area contributed by atoms with Gasteiger partial charge in [-0.2, -0.15) is 0 Å². The number of carbonyl (C=O) groups is 1. The standard InChI is InChI=1S/C21H28N2O5S/c1-16-5-8-18(9-6-16)29(25,26)22-13-11-21(24)23(2)14-12-17-7-10-19(27-3)20(15-17)28-4/h5-10,15,22H,11-14H2,1-4H3. The molecule has 29 heavy (non-hydrogen) atoms. The summed E-state index contributed by atoms with van der Waals surface area (Å²) in [5.41, 5.74) is 2.00. The number of methoxy groups -OCH3 is 2. The zero-order chi connectivity index (χ0) is 21.4. The number of hydrogen-bond acceptors (Lipinski definition) is 5. The Labute approximate surface area is 172 Å². The van der Waals surface area contributed by atoms with E-state index in [4.69, 9.17) is 9.47 Å². The second-order valence-corrected chi connectivity index (χ2v) is 8.48. The molecule has 1 N–H and O–H groups in total. The maximum absolute atomic E-state index is 12.3. The first-order chi connectivity index (χ1) is 13.8. The summed E-state index contributed by atoms with van der Waals surface area (Å²) < 4.78 is 37.5. The molecular formula is C21H28N2O5S. The third kappa shape index (κ3) is 6.47. The normalized spacial score (nSPS) is 11.2. The first-order valence-electron chi connectivity index (χ1n) is 9.28. The zero-order valence-electron chi connectivity index (χ0n) is 17.3. The van der Waals surface area contributed by atoms with Crippen molar-refractivity contribution in [1.82, 2.24) is 9.62 Å². The van der Waals surface area contributed by atoms with E-state index in [0.29, 0.717) is 24.5 Å². The van der Waals surface area contributed by atoms with Crippen LogP contribution in [0.2, 0.25) is 0 Å². The molecule has 0 spiro atoms. The second kappa shape index (κ2) is 10.3. The first-order valence-corrected chi connectivity index (χ1v) is 10.8. The molecule has 8 heteroatoms. The van der Waals surface area contributed by atoms with Crippen molar-refractivity contribution in [3.05, 3.63) is 53.6 Å². The summed E-state index contributed by atoms with van der Waals surface area (Å²) in [6, 6.07) is 12.2. The summed E-state index contributed by atoms with van der Waals surface area (Å²) in [6.45, 7) is 2.45. The molecule has 0 aliphatic carbocycles. The van der Waals surface area contributed by atoms with Gasteiger partial charge in [0.2, 0.25) is 15.9 Å². The molecule has 0 aliphatic rings. The first kappa shape index (κ1) is 22.7. The number of sulfonamides is 1. The lowest BCUT2D eigenvalue weighted by atomic mass is 10.1. The molecule has 0 heterocycles. The maximum atomic E-state index is 12.3. The van der Waals surface area contributed by atoms with E-state index in [1.807, 2.05) is 25.1 Å². The van der Waals surface area contributed by atoms with Crippen molar-refractivity contribution >= 4 is 15.9 Å². The molecule has 0 bridgehead atoms. The number of nitrogens with one attached hydrogen (secondary N) is 1. The number of aryl methyl sites for hydroxylation is 1. The molecule has 1 amide bonds. The lowest BCUT2D eigenvalue weighted by Gasteiger charge is -2.18. The average Bonchev–Trinajstić information content (AvgIpc) is 2.71. The lowest BCUT2D eigenvalue weighted by Crippen LogP contribution is -2.33. The molecule has 0 atom stereocenters. The minimum absolute atomic E-state index is 0.0513. The monoisotopic (exact) mass is 420 g/mol. The summed E-state index contributed by atoms with van der Waals surface area (Å²) in [4.78, 5) is 14.1. The van der Waals surface area contributed by atoms with E-state index >= 15 is 0 Å². The Morgan fingerprint density at radius 3 is 2.31 bits per heavy atom. The van der Waals surface area contributed by atoms with E-state index < -0.39 is 10.0 Å². The number of ether oxygens (including phenoxy) is 2. The Kier molecular flexibility index (Phi) is 8.04. The van der Waals surface area contributed by atoms with Gasteiger partial charge in [-0.3, -0.25) is 4.79 Å². The minimum Gasteiger partial charge on any atom is -0.493 e. The molecule has 0 aliphatic heterocycles. The van der Waals surface area contributed by atoms with Crippen molar-refractivity contribution in [2.24, 2.45) is 0 Å². The Morgan fingerprint density at radius 1 is 1.03 bits per heavy atom. The van der Waals surface area contributed by atoms with Crippen molar-refractivity contribution in [2.45, 2.75) is 24.7 Å². The smallest absolute Gasteiger partial charge is 0.240 e. The second-order valence-electron chi connectivity index (χ2n) is 6.72. The molecule has 0 saturated carbocycles. The average molecular weight is 421 g/mol. The number of amides is 1. The van der Waals surface area contributed by atoms with Crippen LogP contribution in [0.4, 0.5) is 0 Å². The Hall–Kier alpha value is -2.58. The van der Waals surface area contributed by atoms with E-state index in [9.17, 15) is 13.2 Å². The number of nitrogens with zero attached hydrogens (tertiary/aromatic N) is 1. The van der Waals surface area contributed by atoms with Crippen LogP contribution in [0, 0.1) is 6.92 Å². The fourth-order valence-electron chi connectivity index (χ4n) is 2.74. The number of benzene rings is 2. The highest BCUT2D eigenvalue weighted by atomic mass is 32.2. The molecule has 2 aromatic rings. The summed E-state index contributed by atoms with van der Waals surface area (Å²) in [6.07, 6.45) is 0.741. The van der Waals surface area contributed by atoms with Crippen LogP contribution in [-0.2, 0) is 21.2 Å². The molecule has 0 radical (unpaired) electrons. The van der Waals surface area contributed by atoms with Crippen molar-refractivity contribution in [3.8, 4) is 11.5 Å². The van der Waals surface area contributed by atoms with Gasteiger partial charge in [-0.1, -0.05) is 23.8 Å². The Bertz CT molecular complexity index is 927. The Morgan fingerprint density at radius 2 is 1.69 bits per heavy atom. The van der Waals surface area contributed by atoms with Crippen LogP contribution in [0.15, 0.2) is 47.4 Å². The van der Waals surface area contributed by atoms with Gasteiger partial charge in [-0.05, 0) is 43.2 Å². The topological polar surface area (TPSA) is 84.9 Å². The van der Waals surface area contributed by atoms with E-state index in [1.54, 1.807) is 50.4 Å². The number of rotatable bonds is 10. The van der Waals surface area contributed by atoms with E-state index in [2.05, 4.69) is 4.72 Å². The molecule has 0 fully saturated rings. The van der Waals surface area contributed by atoms with Crippen molar-refractivity contribution in [1.29, 1.82) is 0 Å². The quantitative estimate of drug-likeness (QED) is 0.638. The molecule has 0 unspecified atom stereocenters. The third-order valence-corrected chi connectivity index (χ3v) is 6.05. The molecule has 7 nitrogen and oxygen atoms in total. The van der Waals surface area contributed by atoms with Crippen molar-refractivity contribution in [2.75, 3.05) is 34.4 Å². The fourth-order valence-corrected chi connectivity index (χ4v) is 3.77. The van der Waals surface area contributed by atoms with Gasteiger partial charge >= 0.3 is 0 Å². The van der Waals surface area contributed by atoms with Crippen LogP contribution < -0.4 is 14.2 Å². The third-order valence-electron chi connectivity index (χ3n) is 4.57. The zero-order valence-corrected chi connectivity index (χ0v) is 18.1. The molecule has 2 aromatic carbocycles. The molecule has 158 valence electrons. The summed E-state index contributed by atoms with van der Waals surface area (Å²) in [7, 11) is 1.25. The van der Waals surface area contributed by atoms with Gasteiger partial charge < -0.3 is 14.4 Å². The van der Waals surface area contributed by atoms with Gasteiger partial charge in [0.15, 0.2) is 11.5 Å². The molecule has 0 aromatic heterocycles. The van der Waals surface area contributed by atoms with Gasteiger partial charge in [0.1, 0.15) is 0 Å². The SMILES string of the molecule is COc1ccc(CCN(C)C(=O)CCNS(=O)(=O)c2ccc(C)cc2)cc1OC. The van der Waals surface area contributed by atoms with Gasteiger partial charge in [-0.25, -0.2) is 13.1 Å².